The van der Waals surface area contributed by atoms with Gasteiger partial charge < -0.3 is 9.15 Å². The number of aromatic nitrogens is 1. The Labute approximate surface area is 162 Å². The van der Waals surface area contributed by atoms with Crippen LogP contribution in [-0.4, -0.2) is 29.6 Å². The molecule has 4 rings (SSSR count). The number of aryl methyl sites for hydroxylation is 1. The van der Waals surface area contributed by atoms with Crippen LogP contribution in [0.25, 0.3) is 11.5 Å². The fraction of sp³-hybridized carbons (Fsp3) is 0.381. The molecule has 0 N–H and O–H groups in total. The first-order valence-corrected chi connectivity index (χ1v) is 10.2. The highest BCUT2D eigenvalue weighted by Gasteiger charge is 2.23. The van der Waals surface area contributed by atoms with Crippen molar-refractivity contribution in [3.05, 3.63) is 58.4 Å². The molecule has 4 nitrogen and oxygen atoms in total. The molecule has 3 heterocycles. The van der Waals surface area contributed by atoms with Crippen molar-refractivity contribution in [3.63, 3.8) is 0 Å². The van der Waals surface area contributed by atoms with Gasteiger partial charge in [-0.25, -0.2) is 9.37 Å². The normalized spacial score (nSPS) is 17.9. The fourth-order valence-electron chi connectivity index (χ4n) is 3.50. The number of thiophene rings is 1. The summed E-state index contributed by atoms with van der Waals surface area (Å²) in [7, 11) is 0. The molecule has 27 heavy (non-hydrogen) atoms. The minimum Gasteiger partial charge on any atom is -0.490 e. The Hall–Kier alpha value is -2.18. The number of oxazole rings is 1. The summed E-state index contributed by atoms with van der Waals surface area (Å²) in [4.78, 5) is 7.08. The van der Waals surface area contributed by atoms with E-state index in [-0.39, 0.29) is 5.82 Å². The van der Waals surface area contributed by atoms with E-state index in [1.165, 1.54) is 6.07 Å². The third-order valence-electron chi connectivity index (χ3n) is 4.95. The highest BCUT2D eigenvalue weighted by molar-refractivity contribution is 7.08. The number of para-hydroxylation sites is 1. The van der Waals surface area contributed by atoms with Crippen LogP contribution in [0.4, 0.5) is 4.39 Å². The van der Waals surface area contributed by atoms with Crippen molar-refractivity contribution in [2.75, 3.05) is 19.7 Å². The van der Waals surface area contributed by atoms with Crippen molar-refractivity contribution >= 4 is 11.3 Å². The van der Waals surface area contributed by atoms with Gasteiger partial charge in [0.05, 0.1) is 12.3 Å². The molecule has 0 saturated carbocycles. The molecule has 1 saturated heterocycles. The number of hydrogen-bond acceptors (Lipinski definition) is 5. The lowest BCUT2D eigenvalue weighted by molar-refractivity contribution is 0.122. The maximum Gasteiger partial charge on any atom is 0.227 e. The second kappa shape index (κ2) is 8.23. The van der Waals surface area contributed by atoms with Gasteiger partial charge in [-0.2, -0.15) is 11.3 Å². The lowest BCUT2D eigenvalue weighted by Gasteiger charge is -2.32. The smallest absolute Gasteiger partial charge is 0.227 e. The molecule has 3 aromatic rings. The first-order valence-electron chi connectivity index (χ1n) is 9.27. The van der Waals surface area contributed by atoms with E-state index in [1.807, 2.05) is 23.8 Å². The van der Waals surface area contributed by atoms with Crippen molar-refractivity contribution in [1.82, 2.24) is 9.88 Å². The number of likely N-dealkylation sites (tertiary alicyclic amines) is 1. The Morgan fingerprint density at radius 2 is 2.22 bits per heavy atom. The van der Waals surface area contributed by atoms with E-state index in [2.05, 4.69) is 4.90 Å². The summed E-state index contributed by atoms with van der Waals surface area (Å²) < 4.78 is 25.3. The number of hydrogen-bond donors (Lipinski definition) is 0. The summed E-state index contributed by atoms with van der Waals surface area (Å²) >= 11 is 1.64. The van der Waals surface area contributed by atoms with Gasteiger partial charge in [0.15, 0.2) is 11.6 Å². The van der Waals surface area contributed by atoms with Gasteiger partial charge in [-0.1, -0.05) is 12.1 Å². The standard InChI is InChI=1S/C21H23FN2O2S/c1-15-19(23-21(26-15)17-8-10-27-14-17)12-24-9-4-5-16(11-24)13-25-20-7-3-2-6-18(20)22/h2-3,6-8,10,14,16H,4-5,9,11-13H2,1H3/t16-/m1/s1. The molecule has 6 heteroatoms. The van der Waals surface area contributed by atoms with Crippen molar-refractivity contribution in [1.29, 1.82) is 0 Å². The third-order valence-corrected chi connectivity index (χ3v) is 5.63. The predicted molar refractivity (Wildman–Crippen MR) is 104 cm³/mol. The molecule has 0 spiro atoms. The van der Waals surface area contributed by atoms with Crippen LogP contribution >= 0.6 is 11.3 Å². The molecule has 1 fully saturated rings. The second-order valence-corrected chi connectivity index (χ2v) is 7.80. The predicted octanol–water partition coefficient (Wildman–Crippen LogP) is 5.14. The zero-order valence-electron chi connectivity index (χ0n) is 15.4. The maximum atomic E-state index is 13.7. The molecule has 1 atom stereocenters. The van der Waals surface area contributed by atoms with Crippen molar-refractivity contribution < 1.29 is 13.5 Å². The van der Waals surface area contributed by atoms with E-state index in [0.717, 1.165) is 49.5 Å². The Bertz CT molecular complexity index is 878. The molecule has 0 bridgehead atoms. The van der Waals surface area contributed by atoms with Gasteiger partial charge in [0.1, 0.15) is 5.76 Å². The van der Waals surface area contributed by atoms with Crippen LogP contribution in [0.15, 0.2) is 45.5 Å². The third kappa shape index (κ3) is 4.39. The first kappa shape index (κ1) is 18.2. The van der Waals surface area contributed by atoms with Crippen LogP contribution in [0.5, 0.6) is 5.75 Å². The molecule has 0 amide bonds. The average molecular weight is 386 g/mol. The van der Waals surface area contributed by atoms with Gasteiger partial charge >= 0.3 is 0 Å². The molecule has 2 aromatic heterocycles. The Morgan fingerprint density at radius 1 is 1.33 bits per heavy atom. The van der Waals surface area contributed by atoms with Crippen molar-refractivity contribution in [3.8, 4) is 17.2 Å². The zero-order valence-corrected chi connectivity index (χ0v) is 16.2. The quantitative estimate of drug-likeness (QED) is 0.588. The molecule has 0 aliphatic carbocycles. The Morgan fingerprint density at radius 3 is 3.04 bits per heavy atom. The van der Waals surface area contributed by atoms with Crippen molar-refractivity contribution in [2.24, 2.45) is 5.92 Å². The number of piperidine rings is 1. The number of nitrogens with zero attached hydrogens (tertiary/aromatic N) is 2. The summed E-state index contributed by atoms with van der Waals surface area (Å²) in [6.07, 6.45) is 2.21. The summed E-state index contributed by atoms with van der Waals surface area (Å²) in [5, 5.41) is 4.07. The monoisotopic (exact) mass is 386 g/mol. The van der Waals surface area contributed by atoms with Crippen LogP contribution in [0.2, 0.25) is 0 Å². The zero-order chi connectivity index (χ0) is 18.6. The molecule has 0 radical (unpaired) electrons. The molecule has 1 aliphatic heterocycles. The van der Waals surface area contributed by atoms with Crippen LogP contribution in [0.3, 0.4) is 0 Å². The van der Waals surface area contributed by atoms with Crippen LogP contribution in [0, 0.1) is 18.7 Å². The van der Waals surface area contributed by atoms with Crippen LogP contribution in [0.1, 0.15) is 24.3 Å². The summed E-state index contributed by atoms with van der Waals surface area (Å²) in [6, 6.07) is 8.61. The first-order chi connectivity index (χ1) is 13.2. The minimum atomic E-state index is -0.302. The highest BCUT2D eigenvalue weighted by Crippen LogP contribution is 2.26. The summed E-state index contributed by atoms with van der Waals surface area (Å²) in [5.74, 6) is 2.00. The summed E-state index contributed by atoms with van der Waals surface area (Å²) in [5.41, 5.74) is 2.02. The van der Waals surface area contributed by atoms with E-state index < -0.39 is 0 Å². The van der Waals surface area contributed by atoms with Gasteiger partial charge in [0.2, 0.25) is 5.89 Å². The van der Waals surface area contributed by atoms with Crippen LogP contribution < -0.4 is 4.74 Å². The molecular weight excluding hydrogens is 363 g/mol. The Balaban J connectivity index is 1.35. The average Bonchev–Trinajstić information content (AvgIpc) is 3.32. The molecule has 1 aliphatic rings. The largest absolute Gasteiger partial charge is 0.490 e. The van der Waals surface area contributed by atoms with E-state index in [0.29, 0.717) is 24.2 Å². The van der Waals surface area contributed by atoms with E-state index in [1.54, 1.807) is 29.5 Å². The van der Waals surface area contributed by atoms with Gasteiger partial charge in [-0.3, -0.25) is 4.90 Å². The van der Waals surface area contributed by atoms with Gasteiger partial charge in [0.25, 0.3) is 0 Å². The number of ether oxygens (including phenoxy) is 1. The maximum absolute atomic E-state index is 13.7. The van der Waals surface area contributed by atoms with Crippen LogP contribution in [-0.2, 0) is 6.54 Å². The van der Waals surface area contributed by atoms with Gasteiger partial charge in [-0.05, 0) is 49.9 Å². The Kier molecular flexibility index (Phi) is 5.55. The SMILES string of the molecule is Cc1oc(-c2ccsc2)nc1CN1CCC[C@@H](COc2ccccc2F)C1. The number of benzene rings is 1. The van der Waals surface area contributed by atoms with E-state index in [4.69, 9.17) is 14.1 Å². The lowest BCUT2D eigenvalue weighted by Crippen LogP contribution is -2.37. The minimum absolute atomic E-state index is 0.302. The van der Waals surface area contributed by atoms with Gasteiger partial charge in [0, 0.05) is 30.0 Å². The number of halogens is 1. The number of rotatable bonds is 6. The molecular formula is C21H23FN2O2S. The molecule has 0 unspecified atom stereocenters. The van der Waals surface area contributed by atoms with E-state index >= 15 is 0 Å². The van der Waals surface area contributed by atoms with Crippen molar-refractivity contribution in [2.45, 2.75) is 26.3 Å². The molecule has 142 valence electrons. The lowest BCUT2D eigenvalue weighted by atomic mass is 9.99. The topological polar surface area (TPSA) is 38.5 Å². The second-order valence-electron chi connectivity index (χ2n) is 7.02. The fourth-order valence-corrected chi connectivity index (χ4v) is 4.13. The van der Waals surface area contributed by atoms with E-state index in [9.17, 15) is 4.39 Å². The molecule has 1 aromatic carbocycles. The highest BCUT2D eigenvalue weighted by atomic mass is 32.1. The summed E-state index contributed by atoms with van der Waals surface area (Å²) in [6.45, 7) is 5.25. The van der Waals surface area contributed by atoms with Gasteiger partial charge in [-0.15, -0.1) is 0 Å².